The van der Waals surface area contributed by atoms with E-state index in [0.717, 1.165) is 0 Å². The second-order valence-electron chi connectivity index (χ2n) is 2.86. The number of carboxylic acid groups (broad SMARTS) is 1. The zero-order valence-electron chi connectivity index (χ0n) is 8.39. The van der Waals surface area contributed by atoms with E-state index in [1.165, 1.54) is 13.2 Å². The second-order valence-corrected chi connectivity index (χ2v) is 2.86. The lowest BCUT2D eigenvalue weighted by molar-refractivity contribution is 0.0693. The highest BCUT2D eigenvalue weighted by molar-refractivity contribution is 6.08. The standard InChI is InChI=1S/C10H11NO4/c1-6(11-15-2)7-4-3-5-8(12)9(7)10(13)14/h3-5,12H,1-2H3,(H,13,14). The number of carbonyl (C=O) groups is 1. The molecule has 1 aromatic rings. The number of aromatic carboxylic acids is 1. The van der Waals surface area contributed by atoms with E-state index in [1.54, 1.807) is 19.1 Å². The van der Waals surface area contributed by atoms with E-state index >= 15 is 0 Å². The fraction of sp³-hybridized carbons (Fsp3) is 0.200. The quantitative estimate of drug-likeness (QED) is 0.583. The molecule has 2 N–H and O–H groups in total. The summed E-state index contributed by atoms with van der Waals surface area (Å²) in [5.74, 6) is -1.49. The second kappa shape index (κ2) is 4.45. The van der Waals surface area contributed by atoms with Gasteiger partial charge in [0.15, 0.2) is 0 Å². The first-order valence-corrected chi connectivity index (χ1v) is 4.21. The van der Waals surface area contributed by atoms with Crippen molar-refractivity contribution in [3.8, 4) is 5.75 Å². The highest BCUT2D eigenvalue weighted by Crippen LogP contribution is 2.21. The van der Waals surface area contributed by atoms with Gasteiger partial charge in [0, 0.05) is 5.56 Å². The van der Waals surface area contributed by atoms with Crippen molar-refractivity contribution in [3.05, 3.63) is 29.3 Å². The van der Waals surface area contributed by atoms with Gasteiger partial charge in [0.05, 0.1) is 5.71 Å². The van der Waals surface area contributed by atoms with Crippen molar-refractivity contribution >= 4 is 11.7 Å². The maximum atomic E-state index is 10.9. The molecule has 0 aromatic heterocycles. The molecule has 5 heteroatoms. The highest BCUT2D eigenvalue weighted by atomic mass is 16.6. The highest BCUT2D eigenvalue weighted by Gasteiger charge is 2.16. The van der Waals surface area contributed by atoms with Crippen molar-refractivity contribution in [1.82, 2.24) is 0 Å². The van der Waals surface area contributed by atoms with Gasteiger partial charge in [-0.2, -0.15) is 0 Å². The Labute approximate surface area is 86.6 Å². The third-order valence-electron chi connectivity index (χ3n) is 1.87. The predicted molar refractivity (Wildman–Crippen MR) is 54.3 cm³/mol. The van der Waals surface area contributed by atoms with Crippen LogP contribution in [0.1, 0.15) is 22.8 Å². The van der Waals surface area contributed by atoms with E-state index in [4.69, 9.17) is 5.11 Å². The summed E-state index contributed by atoms with van der Waals surface area (Å²) in [6.45, 7) is 1.60. The summed E-state index contributed by atoms with van der Waals surface area (Å²) in [5, 5.41) is 21.9. The summed E-state index contributed by atoms with van der Waals surface area (Å²) in [6, 6.07) is 4.42. The molecule has 0 radical (unpaired) electrons. The molecule has 0 aliphatic rings. The molecular formula is C10H11NO4. The number of phenols is 1. The Bertz CT molecular complexity index is 412. The summed E-state index contributed by atoms with van der Waals surface area (Å²) in [4.78, 5) is 15.4. The third kappa shape index (κ3) is 2.25. The van der Waals surface area contributed by atoms with Crippen LogP contribution in [0.5, 0.6) is 5.75 Å². The third-order valence-corrected chi connectivity index (χ3v) is 1.87. The first-order chi connectivity index (χ1) is 7.07. The number of rotatable bonds is 3. The zero-order chi connectivity index (χ0) is 11.4. The maximum absolute atomic E-state index is 10.9. The summed E-state index contributed by atoms with van der Waals surface area (Å²) < 4.78 is 0. The minimum absolute atomic E-state index is 0.171. The first kappa shape index (κ1) is 11.0. The molecule has 1 rings (SSSR count). The van der Waals surface area contributed by atoms with Gasteiger partial charge in [0.1, 0.15) is 18.4 Å². The number of oxime groups is 1. The summed E-state index contributed by atoms with van der Waals surface area (Å²) in [6.07, 6.45) is 0. The van der Waals surface area contributed by atoms with Crippen molar-refractivity contribution in [3.63, 3.8) is 0 Å². The molecule has 0 amide bonds. The van der Waals surface area contributed by atoms with Crippen molar-refractivity contribution < 1.29 is 19.8 Å². The molecule has 15 heavy (non-hydrogen) atoms. The lowest BCUT2D eigenvalue weighted by Crippen LogP contribution is -2.07. The molecule has 0 heterocycles. The van der Waals surface area contributed by atoms with Gasteiger partial charge in [-0.05, 0) is 13.0 Å². The van der Waals surface area contributed by atoms with Gasteiger partial charge >= 0.3 is 5.97 Å². The molecule has 0 atom stereocenters. The maximum Gasteiger partial charge on any atom is 0.340 e. The normalized spacial score (nSPS) is 11.2. The van der Waals surface area contributed by atoms with Crippen molar-refractivity contribution in [2.24, 2.45) is 5.16 Å². The molecule has 0 aliphatic heterocycles. The molecule has 5 nitrogen and oxygen atoms in total. The van der Waals surface area contributed by atoms with Crippen LogP contribution < -0.4 is 0 Å². The smallest absolute Gasteiger partial charge is 0.340 e. The molecule has 0 saturated heterocycles. The Morgan fingerprint density at radius 3 is 2.67 bits per heavy atom. The Kier molecular flexibility index (Phi) is 3.28. The predicted octanol–water partition coefficient (Wildman–Crippen LogP) is 1.46. The zero-order valence-corrected chi connectivity index (χ0v) is 8.39. The van der Waals surface area contributed by atoms with Gasteiger partial charge in [-0.1, -0.05) is 17.3 Å². The van der Waals surface area contributed by atoms with Crippen molar-refractivity contribution in [2.75, 3.05) is 7.11 Å². The van der Waals surface area contributed by atoms with Crippen LogP contribution in [-0.2, 0) is 4.84 Å². The number of carboxylic acids is 1. The summed E-state index contributed by atoms with van der Waals surface area (Å²) in [7, 11) is 1.37. The van der Waals surface area contributed by atoms with Crippen LogP contribution in [-0.4, -0.2) is 29.0 Å². The van der Waals surface area contributed by atoms with Crippen molar-refractivity contribution in [2.45, 2.75) is 6.92 Å². The molecule has 0 bridgehead atoms. The molecule has 1 aromatic carbocycles. The van der Waals surface area contributed by atoms with E-state index in [-0.39, 0.29) is 11.3 Å². The van der Waals surface area contributed by atoms with Gasteiger partial charge in [0.2, 0.25) is 0 Å². The van der Waals surface area contributed by atoms with Crippen molar-refractivity contribution in [1.29, 1.82) is 0 Å². The first-order valence-electron chi connectivity index (χ1n) is 4.21. The molecular weight excluding hydrogens is 198 g/mol. The molecule has 80 valence electrons. The molecule has 0 saturated carbocycles. The Hall–Kier alpha value is -2.04. The largest absolute Gasteiger partial charge is 0.507 e. The number of hydrogen-bond donors (Lipinski definition) is 2. The number of benzene rings is 1. The Balaban J connectivity index is 3.35. The van der Waals surface area contributed by atoms with Crippen LogP contribution in [0.3, 0.4) is 0 Å². The molecule has 0 spiro atoms. The molecule has 0 aliphatic carbocycles. The van der Waals surface area contributed by atoms with Crippen LogP contribution in [0, 0.1) is 0 Å². The van der Waals surface area contributed by atoms with E-state index in [1.807, 2.05) is 0 Å². The number of hydrogen-bond acceptors (Lipinski definition) is 4. The van der Waals surface area contributed by atoms with Gasteiger partial charge in [0.25, 0.3) is 0 Å². The van der Waals surface area contributed by atoms with Gasteiger partial charge < -0.3 is 15.1 Å². The van der Waals surface area contributed by atoms with E-state index in [0.29, 0.717) is 11.3 Å². The fourth-order valence-corrected chi connectivity index (χ4v) is 1.25. The minimum atomic E-state index is -1.20. The van der Waals surface area contributed by atoms with Crippen LogP contribution in [0.25, 0.3) is 0 Å². The monoisotopic (exact) mass is 209 g/mol. The van der Waals surface area contributed by atoms with Crippen LogP contribution in [0.2, 0.25) is 0 Å². The average Bonchev–Trinajstić information content (AvgIpc) is 2.17. The topological polar surface area (TPSA) is 79.1 Å². The SMILES string of the molecule is CON=C(C)c1cccc(O)c1C(=O)O. The number of nitrogens with zero attached hydrogens (tertiary/aromatic N) is 1. The van der Waals surface area contributed by atoms with E-state index < -0.39 is 5.97 Å². The summed E-state index contributed by atoms with van der Waals surface area (Å²) in [5.41, 5.74) is 0.561. The fourth-order valence-electron chi connectivity index (χ4n) is 1.25. The Morgan fingerprint density at radius 1 is 1.47 bits per heavy atom. The van der Waals surface area contributed by atoms with E-state index in [2.05, 4.69) is 9.99 Å². The Morgan fingerprint density at radius 2 is 2.13 bits per heavy atom. The summed E-state index contributed by atoms with van der Waals surface area (Å²) >= 11 is 0. The van der Waals surface area contributed by atoms with E-state index in [9.17, 15) is 9.90 Å². The lowest BCUT2D eigenvalue weighted by Gasteiger charge is -2.06. The average molecular weight is 209 g/mol. The van der Waals surface area contributed by atoms with Gasteiger partial charge in [-0.3, -0.25) is 0 Å². The number of aromatic hydroxyl groups is 1. The van der Waals surface area contributed by atoms with Crippen LogP contribution in [0.15, 0.2) is 23.4 Å². The molecule has 0 unspecified atom stereocenters. The van der Waals surface area contributed by atoms with Gasteiger partial charge in [-0.15, -0.1) is 0 Å². The minimum Gasteiger partial charge on any atom is -0.507 e. The van der Waals surface area contributed by atoms with Gasteiger partial charge in [-0.25, -0.2) is 4.79 Å². The molecule has 0 fully saturated rings. The van der Waals surface area contributed by atoms with Crippen LogP contribution in [0.4, 0.5) is 0 Å². The van der Waals surface area contributed by atoms with Crippen LogP contribution >= 0.6 is 0 Å². The lowest BCUT2D eigenvalue weighted by atomic mass is 10.0.